The number of hydrogen-bond donors (Lipinski definition) is 0. The van der Waals surface area contributed by atoms with Crippen molar-refractivity contribution in [3.63, 3.8) is 0 Å². The molecular weight excluding hydrogens is 348 g/mol. The number of thioether (sulfide) groups is 1. The summed E-state index contributed by atoms with van der Waals surface area (Å²) in [5.41, 5.74) is 0.675. The van der Waals surface area contributed by atoms with Crippen LogP contribution in [0.5, 0.6) is 5.75 Å². The molecule has 2 aromatic rings. The van der Waals surface area contributed by atoms with Crippen LogP contribution in [0, 0.1) is 0 Å². The molecule has 0 aliphatic carbocycles. The number of rotatable bonds is 6. The van der Waals surface area contributed by atoms with Gasteiger partial charge in [0.15, 0.2) is 6.10 Å². The third-order valence-electron chi connectivity index (χ3n) is 3.39. The highest BCUT2D eigenvalue weighted by Gasteiger charge is 2.22. The Labute approximate surface area is 150 Å². The zero-order valence-electron chi connectivity index (χ0n) is 13.5. The third-order valence-corrected chi connectivity index (χ3v) is 4.35. The van der Waals surface area contributed by atoms with Gasteiger partial charge in [-0.2, -0.15) is 0 Å². The van der Waals surface area contributed by atoms with Gasteiger partial charge in [-0.15, -0.1) is 11.8 Å². The van der Waals surface area contributed by atoms with E-state index >= 15 is 0 Å². The van der Waals surface area contributed by atoms with Crippen LogP contribution in [0.1, 0.15) is 27.6 Å². The number of ketones is 1. The van der Waals surface area contributed by atoms with E-state index in [9.17, 15) is 9.59 Å². The van der Waals surface area contributed by atoms with Crippen molar-refractivity contribution in [1.82, 2.24) is 0 Å². The minimum absolute atomic E-state index is 0.279. The molecule has 2 rings (SSSR count). The molecule has 0 saturated heterocycles. The van der Waals surface area contributed by atoms with Crippen molar-refractivity contribution in [2.24, 2.45) is 0 Å². The number of Topliss-reactive ketones (excluding diaryl/α,β-unsaturated/α-hetero) is 1. The SMILES string of the molecule is COc1cc(SC)ccc1C(=O)O[C@@H](C)C(=O)c1cccc(Cl)c1. The molecule has 0 aliphatic rings. The molecule has 1 atom stereocenters. The number of carbonyl (C=O) groups excluding carboxylic acids is 2. The number of methoxy groups -OCH3 is 1. The summed E-state index contributed by atoms with van der Waals surface area (Å²) >= 11 is 7.42. The molecule has 0 amide bonds. The van der Waals surface area contributed by atoms with E-state index in [-0.39, 0.29) is 11.3 Å². The fraction of sp³-hybridized carbons (Fsp3) is 0.222. The molecule has 0 fully saturated rings. The van der Waals surface area contributed by atoms with Gasteiger partial charge in [-0.3, -0.25) is 4.79 Å². The van der Waals surface area contributed by atoms with Crippen LogP contribution in [0.25, 0.3) is 0 Å². The summed E-state index contributed by atoms with van der Waals surface area (Å²) < 4.78 is 10.5. The van der Waals surface area contributed by atoms with E-state index in [0.717, 1.165) is 4.90 Å². The van der Waals surface area contributed by atoms with E-state index in [1.807, 2.05) is 6.26 Å². The number of hydrogen-bond acceptors (Lipinski definition) is 5. The Kier molecular flexibility index (Phi) is 6.29. The van der Waals surface area contributed by atoms with Gasteiger partial charge in [-0.1, -0.05) is 23.7 Å². The number of ether oxygens (including phenoxy) is 2. The van der Waals surface area contributed by atoms with Crippen LogP contribution in [0.15, 0.2) is 47.4 Å². The lowest BCUT2D eigenvalue weighted by molar-refractivity contribution is 0.0316. The van der Waals surface area contributed by atoms with E-state index in [1.54, 1.807) is 42.5 Å². The highest BCUT2D eigenvalue weighted by atomic mass is 35.5. The highest BCUT2D eigenvalue weighted by Crippen LogP contribution is 2.26. The second kappa shape index (κ2) is 8.22. The number of carbonyl (C=O) groups is 2. The minimum atomic E-state index is -0.930. The number of esters is 1. The normalized spacial score (nSPS) is 11.7. The molecule has 0 heterocycles. The van der Waals surface area contributed by atoms with Crippen molar-refractivity contribution < 1.29 is 19.1 Å². The lowest BCUT2D eigenvalue weighted by Gasteiger charge is -2.14. The average Bonchev–Trinajstić information content (AvgIpc) is 2.60. The van der Waals surface area contributed by atoms with Crippen molar-refractivity contribution >= 4 is 35.1 Å². The van der Waals surface area contributed by atoms with Crippen LogP contribution in [-0.4, -0.2) is 31.2 Å². The maximum absolute atomic E-state index is 12.3. The van der Waals surface area contributed by atoms with Gasteiger partial charge in [0.1, 0.15) is 11.3 Å². The van der Waals surface area contributed by atoms with E-state index in [1.165, 1.54) is 25.8 Å². The van der Waals surface area contributed by atoms with Crippen molar-refractivity contribution in [1.29, 1.82) is 0 Å². The molecule has 24 heavy (non-hydrogen) atoms. The predicted molar refractivity (Wildman–Crippen MR) is 95.4 cm³/mol. The molecular formula is C18H17ClO4S. The second-order valence-corrected chi connectivity index (χ2v) is 6.30. The highest BCUT2D eigenvalue weighted by molar-refractivity contribution is 7.98. The lowest BCUT2D eigenvalue weighted by atomic mass is 10.1. The first-order chi connectivity index (χ1) is 11.5. The molecule has 0 aliphatic heterocycles. The predicted octanol–water partition coefficient (Wildman–Crippen LogP) is 4.50. The van der Waals surface area contributed by atoms with Crippen LogP contribution in [-0.2, 0) is 4.74 Å². The molecule has 2 aromatic carbocycles. The first kappa shape index (κ1) is 18.4. The van der Waals surface area contributed by atoms with Crippen molar-refractivity contribution in [3.05, 3.63) is 58.6 Å². The summed E-state index contributed by atoms with van der Waals surface area (Å²) in [5, 5.41) is 0.453. The Morgan fingerprint density at radius 3 is 2.54 bits per heavy atom. The number of halogens is 1. The standard InChI is InChI=1S/C18H17ClO4S/c1-11(17(20)12-5-4-6-13(19)9-12)23-18(21)15-8-7-14(24-3)10-16(15)22-2/h4-11H,1-3H3/t11-/m0/s1. The van der Waals surface area contributed by atoms with E-state index in [0.29, 0.717) is 16.3 Å². The topological polar surface area (TPSA) is 52.6 Å². The molecule has 0 spiro atoms. The Morgan fingerprint density at radius 2 is 1.92 bits per heavy atom. The fourth-order valence-electron chi connectivity index (χ4n) is 2.12. The van der Waals surface area contributed by atoms with Gasteiger partial charge in [0.2, 0.25) is 5.78 Å². The molecule has 126 valence electrons. The Hall–Kier alpha value is -1.98. The van der Waals surface area contributed by atoms with E-state index in [4.69, 9.17) is 21.1 Å². The molecule has 6 heteroatoms. The molecule has 0 aromatic heterocycles. The smallest absolute Gasteiger partial charge is 0.342 e. The van der Waals surface area contributed by atoms with Gasteiger partial charge in [-0.25, -0.2) is 4.79 Å². The quantitative estimate of drug-likeness (QED) is 0.429. The van der Waals surface area contributed by atoms with Gasteiger partial charge >= 0.3 is 5.97 Å². The number of benzene rings is 2. The van der Waals surface area contributed by atoms with Gasteiger partial charge in [0, 0.05) is 15.5 Å². The zero-order chi connectivity index (χ0) is 17.7. The lowest BCUT2D eigenvalue weighted by Crippen LogP contribution is -2.24. The van der Waals surface area contributed by atoms with Crippen LogP contribution < -0.4 is 4.74 Å². The Bertz CT molecular complexity index is 760. The Balaban J connectivity index is 2.15. The van der Waals surface area contributed by atoms with Gasteiger partial charge in [0.05, 0.1) is 7.11 Å². The van der Waals surface area contributed by atoms with Crippen LogP contribution in [0.2, 0.25) is 5.02 Å². The maximum atomic E-state index is 12.3. The van der Waals surface area contributed by atoms with Gasteiger partial charge < -0.3 is 9.47 Å². The second-order valence-electron chi connectivity index (χ2n) is 4.99. The summed E-state index contributed by atoms with van der Waals surface area (Å²) in [6.45, 7) is 1.53. The van der Waals surface area contributed by atoms with Crippen molar-refractivity contribution in [3.8, 4) is 5.75 Å². The summed E-state index contributed by atoms with van der Waals surface area (Å²) in [6.07, 6.45) is 0.999. The van der Waals surface area contributed by atoms with Gasteiger partial charge in [-0.05, 0) is 43.5 Å². The molecule has 0 bridgehead atoms. The van der Waals surface area contributed by atoms with Crippen LogP contribution in [0.3, 0.4) is 0 Å². The maximum Gasteiger partial charge on any atom is 0.342 e. The van der Waals surface area contributed by atoms with E-state index < -0.39 is 12.1 Å². The molecule has 0 unspecified atom stereocenters. The summed E-state index contributed by atoms with van der Waals surface area (Å²) in [5.74, 6) is -0.512. The summed E-state index contributed by atoms with van der Waals surface area (Å²) in [4.78, 5) is 25.7. The first-order valence-corrected chi connectivity index (χ1v) is 8.79. The van der Waals surface area contributed by atoms with Crippen molar-refractivity contribution in [2.45, 2.75) is 17.9 Å². The van der Waals surface area contributed by atoms with Crippen molar-refractivity contribution in [2.75, 3.05) is 13.4 Å². The average molecular weight is 365 g/mol. The largest absolute Gasteiger partial charge is 0.496 e. The zero-order valence-corrected chi connectivity index (χ0v) is 15.1. The fourth-order valence-corrected chi connectivity index (χ4v) is 2.74. The summed E-state index contributed by atoms with van der Waals surface area (Å²) in [7, 11) is 1.48. The monoisotopic (exact) mass is 364 g/mol. The molecule has 4 nitrogen and oxygen atoms in total. The third kappa shape index (κ3) is 4.30. The molecule has 0 radical (unpaired) electrons. The van der Waals surface area contributed by atoms with Crippen LogP contribution in [0.4, 0.5) is 0 Å². The first-order valence-electron chi connectivity index (χ1n) is 7.19. The van der Waals surface area contributed by atoms with Crippen LogP contribution >= 0.6 is 23.4 Å². The van der Waals surface area contributed by atoms with E-state index in [2.05, 4.69) is 0 Å². The molecule has 0 N–H and O–H groups in total. The molecule has 0 saturated carbocycles. The van der Waals surface area contributed by atoms with Gasteiger partial charge in [0.25, 0.3) is 0 Å². The Morgan fingerprint density at radius 1 is 1.17 bits per heavy atom. The summed E-state index contributed by atoms with van der Waals surface area (Å²) in [6, 6.07) is 11.7. The minimum Gasteiger partial charge on any atom is -0.496 e.